The van der Waals surface area contributed by atoms with E-state index >= 15 is 0 Å². The van der Waals surface area contributed by atoms with E-state index in [2.05, 4.69) is 0 Å². The zero-order chi connectivity index (χ0) is 6.41. The van der Waals surface area contributed by atoms with Crippen LogP contribution < -0.4 is 88.7 Å². The predicted molar refractivity (Wildman–Crippen MR) is 78.5 cm³/mol. The second-order valence-corrected chi connectivity index (χ2v) is 38.0. The first-order valence-corrected chi connectivity index (χ1v) is 13.4. The Morgan fingerprint density at radius 1 is 0.273 bits per heavy atom. The summed E-state index contributed by atoms with van der Waals surface area (Å²) in [4.78, 5) is 0. The molecular formula is H24Cl6Na3O12Rh. The first kappa shape index (κ1) is 152. The molecule has 0 amide bonds. The summed E-state index contributed by atoms with van der Waals surface area (Å²) in [5.74, 6) is 0. The third-order valence-corrected chi connectivity index (χ3v) is 0. The Morgan fingerprint density at radius 3 is 0.273 bits per heavy atom. The topological polar surface area (TPSA) is 378 Å². The Morgan fingerprint density at radius 2 is 0.273 bits per heavy atom. The van der Waals surface area contributed by atoms with E-state index in [0.717, 1.165) is 0 Å². The molecule has 0 aliphatic heterocycles. The molecule has 22 heteroatoms. The van der Waals surface area contributed by atoms with E-state index in [1.165, 1.54) is 0 Å². The standard InChI is InChI=1S/6ClH.3Na.12H2O.Rh/h6*1H;;;;12*1H2;/q;;;;;;3*+1;;;;;;;;;;;;;+3/p-6. The van der Waals surface area contributed by atoms with Crippen molar-refractivity contribution in [3.63, 3.8) is 0 Å². The first-order valence-electron chi connectivity index (χ1n) is 0.756. The van der Waals surface area contributed by atoms with Gasteiger partial charge in [0, 0.05) is 0 Å². The van der Waals surface area contributed by atoms with Gasteiger partial charge >= 0.3 is 153 Å². The van der Waals surface area contributed by atoms with Crippen molar-refractivity contribution >= 4 is 58.1 Å². The summed E-state index contributed by atoms with van der Waals surface area (Å²) < 4.78 is 0. The second-order valence-electron chi connectivity index (χ2n) is 0.714. The average molecular weight is 601 g/mol. The zero-order valence-electron chi connectivity index (χ0n) is 11.6. The third-order valence-electron chi connectivity index (χ3n) is 0. The number of rotatable bonds is 0. The minimum atomic E-state index is -5.15. The molecule has 0 radical (unpaired) electrons. The molecule has 0 spiro atoms. The second kappa shape index (κ2) is 40.5. The molecule has 0 atom stereocenters. The van der Waals surface area contributed by atoms with Crippen molar-refractivity contribution in [3.8, 4) is 0 Å². The molecule has 0 aliphatic carbocycles. The SMILES string of the molecule is O.O.O.O.O.O.O.O.O.O.O.O.[Cl][Rh-3]([Cl])([Cl])([Cl])([Cl])[Cl].[Na+].[Na+].[Na+]. The van der Waals surface area contributed by atoms with Crippen LogP contribution in [0.4, 0.5) is 0 Å². The van der Waals surface area contributed by atoms with Gasteiger partial charge in [-0.15, -0.1) is 0 Å². The monoisotopic (exact) mass is 598 g/mol. The van der Waals surface area contributed by atoms with Gasteiger partial charge in [0.2, 0.25) is 0 Å². The Kier molecular flexibility index (Phi) is 280. The van der Waals surface area contributed by atoms with Crippen molar-refractivity contribution in [2.45, 2.75) is 0 Å². The molecule has 150 valence electrons. The summed E-state index contributed by atoms with van der Waals surface area (Å²) in [6.45, 7) is -5.15. The van der Waals surface area contributed by atoms with Gasteiger partial charge < -0.3 is 65.7 Å². The van der Waals surface area contributed by atoms with Crippen LogP contribution in [0.2, 0.25) is 0 Å². The van der Waals surface area contributed by atoms with Crippen LogP contribution in [0.25, 0.3) is 0 Å². The molecule has 0 aliphatic rings. The van der Waals surface area contributed by atoms with Gasteiger partial charge in [0.25, 0.3) is 0 Å². The smallest absolute Gasteiger partial charge is 1.00 e. The Hall–Kier alpha value is 4.88. The van der Waals surface area contributed by atoms with E-state index in [1.807, 2.05) is 0 Å². The van der Waals surface area contributed by atoms with E-state index in [4.69, 9.17) is 58.1 Å². The minimum Gasteiger partial charge on any atom is 1.00 e. The maximum Gasteiger partial charge on any atom is 1.00 e. The minimum absolute atomic E-state index is 0. The number of halogens is 6. The largest absolute Gasteiger partial charge is 1.00 e. The van der Waals surface area contributed by atoms with Gasteiger partial charge in [-0.25, -0.2) is 0 Å². The van der Waals surface area contributed by atoms with E-state index in [1.54, 1.807) is 0 Å². The fourth-order valence-corrected chi connectivity index (χ4v) is 0. The number of hydrogen-bond donors (Lipinski definition) is 0. The summed E-state index contributed by atoms with van der Waals surface area (Å²) in [5.41, 5.74) is 0. The molecule has 0 unspecified atom stereocenters. The van der Waals surface area contributed by atoms with Crippen LogP contribution in [0.1, 0.15) is 0 Å². The molecule has 0 aromatic carbocycles. The van der Waals surface area contributed by atoms with Crippen molar-refractivity contribution in [2.24, 2.45) is 0 Å². The van der Waals surface area contributed by atoms with Crippen molar-refractivity contribution in [1.29, 1.82) is 0 Å². The fourth-order valence-electron chi connectivity index (χ4n) is 0. The predicted octanol–water partition coefficient (Wildman–Crippen LogP) is -14.7. The van der Waals surface area contributed by atoms with Gasteiger partial charge in [-0.2, -0.15) is 0 Å². The Bertz CT molecular complexity index is 93.4. The van der Waals surface area contributed by atoms with Crippen LogP contribution >= 0.6 is 58.1 Å². The molecule has 22 heavy (non-hydrogen) atoms. The zero-order valence-corrected chi connectivity index (χ0v) is 23.8. The van der Waals surface area contributed by atoms with Crippen LogP contribution in [-0.2, 0) is 6.48 Å². The maximum atomic E-state index is 5.04. The molecule has 0 heterocycles. The molecule has 0 bridgehead atoms. The van der Waals surface area contributed by atoms with Gasteiger partial charge in [-0.1, -0.05) is 0 Å². The third kappa shape index (κ3) is 595. The van der Waals surface area contributed by atoms with Crippen molar-refractivity contribution in [2.75, 3.05) is 0 Å². The van der Waals surface area contributed by atoms with Gasteiger partial charge in [0.05, 0.1) is 0 Å². The summed E-state index contributed by atoms with van der Waals surface area (Å²) in [5, 5.41) is 0. The van der Waals surface area contributed by atoms with E-state index < -0.39 is 6.48 Å². The quantitative estimate of drug-likeness (QED) is 0.234. The van der Waals surface area contributed by atoms with Gasteiger partial charge in [-0.3, -0.25) is 0 Å². The molecule has 0 fully saturated rings. The average Bonchev–Trinajstić information content (AvgIpc) is 0.592. The van der Waals surface area contributed by atoms with E-state index in [0.29, 0.717) is 0 Å². The number of hydrogen-bond acceptors (Lipinski definition) is 0. The summed E-state index contributed by atoms with van der Waals surface area (Å²) >= 11 is 0. The molecule has 0 aromatic rings. The molecule has 0 saturated carbocycles. The molecular weight excluding hydrogens is 577 g/mol. The molecule has 0 rings (SSSR count). The molecule has 0 saturated heterocycles. The van der Waals surface area contributed by atoms with E-state index in [9.17, 15) is 0 Å². The normalized spacial score (nSPS) is 7.36. The van der Waals surface area contributed by atoms with E-state index in [-0.39, 0.29) is 154 Å². The van der Waals surface area contributed by atoms with Crippen LogP contribution in [0.5, 0.6) is 0 Å². The Labute approximate surface area is 215 Å². The maximum absolute atomic E-state index is 5.15. The van der Waals surface area contributed by atoms with Crippen LogP contribution in [0.3, 0.4) is 0 Å². The van der Waals surface area contributed by atoms with Gasteiger partial charge in [0.15, 0.2) is 0 Å². The van der Waals surface area contributed by atoms with Crippen LogP contribution in [-0.4, -0.2) is 65.7 Å². The van der Waals surface area contributed by atoms with Gasteiger partial charge in [0.1, 0.15) is 0 Å². The molecule has 12 nitrogen and oxygen atoms in total. The van der Waals surface area contributed by atoms with Crippen molar-refractivity contribution in [1.82, 2.24) is 0 Å². The van der Waals surface area contributed by atoms with Crippen LogP contribution in [0.15, 0.2) is 0 Å². The summed E-state index contributed by atoms with van der Waals surface area (Å²) in [6.07, 6.45) is 0. The van der Waals surface area contributed by atoms with Crippen LogP contribution in [0, 0.1) is 0 Å². The molecule has 0 aromatic heterocycles. The first-order chi connectivity index (χ1) is 2.45. The molecule has 24 N–H and O–H groups in total. The Balaban J connectivity index is -0.00000000171. The van der Waals surface area contributed by atoms with Crippen molar-refractivity contribution in [3.05, 3.63) is 0 Å². The van der Waals surface area contributed by atoms with Gasteiger partial charge in [-0.05, 0) is 0 Å². The van der Waals surface area contributed by atoms with Crippen molar-refractivity contribution < 1.29 is 161 Å². The fraction of sp³-hybridized carbons (Fsp3) is 0. The summed E-state index contributed by atoms with van der Waals surface area (Å²) in [6, 6.07) is 0. The summed E-state index contributed by atoms with van der Waals surface area (Å²) in [7, 11) is 30.2.